The molecule has 1 amide bonds. The molecule has 0 bridgehead atoms. The summed E-state index contributed by atoms with van der Waals surface area (Å²) < 4.78 is 0. The quantitative estimate of drug-likeness (QED) is 0.688. The van der Waals surface area contributed by atoms with Crippen LogP contribution in [0, 0.1) is 5.92 Å². The van der Waals surface area contributed by atoms with E-state index in [1.54, 1.807) is 0 Å². The van der Waals surface area contributed by atoms with Gasteiger partial charge in [-0.2, -0.15) is 0 Å². The van der Waals surface area contributed by atoms with Gasteiger partial charge in [0.05, 0.1) is 11.3 Å². The van der Waals surface area contributed by atoms with Gasteiger partial charge in [0.15, 0.2) is 5.60 Å². The minimum Gasteiger partial charge on any atom is -0.508 e. The number of aliphatic hydroxyl groups is 2. The minimum atomic E-state index is -1.52. The number of carbonyl (C=O) groups is 1. The van der Waals surface area contributed by atoms with Crippen molar-refractivity contribution in [2.75, 3.05) is 0 Å². The van der Waals surface area contributed by atoms with Crippen LogP contribution in [0.1, 0.15) is 60.3 Å². The second-order valence-corrected chi connectivity index (χ2v) is 6.58. The maximum atomic E-state index is 11.9. The average Bonchev–Trinajstić information content (AvgIpc) is 2.48. The van der Waals surface area contributed by atoms with E-state index in [9.17, 15) is 15.0 Å². The Morgan fingerprint density at radius 1 is 1.39 bits per heavy atom. The zero-order valence-electron chi connectivity index (χ0n) is 14.9. The lowest BCUT2D eigenvalue weighted by Gasteiger charge is -2.32. The van der Waals surface area contributed by atoms with Crippen LogP contribution in [0.25, 0.3) is 0 Å². The number of amides is 1. The summed E-state index contributed by atoms with van der Waals surface area (Å²) in [5.41, 5.74) is 0.0867. The maximum Gasteiger partial charge on any atom is 0.276 e. The first kappa shape index (κ1) is 19.4. The maximum absolute atomic E-state index is 11.9. The van der Waals surface area contributed by atoms with Crippen molar-refractivity contribution < 1.29 is 15.0 Å². The average molecular weight is 319 g/mol. The van der Waals surface area contributed by atoms with Gasteiger partial charge in [-0.3, -0.25) is 4.79 Å². The molecule has 1 heterocycles. The van der Waals surface area contributed by atoms with Crippen LogP contribution in [0.5, 0.6) is 0 Å². The second-order valence-electron chi connectivity index (χ2n) is 6.58. The molecule has 1 atom stereocenters. The monoisotopic (exact) mass is 319 g/mol. The molecule has 0 aliphatic carbocycles. The van der Waals surface area contributed by atoms with E-state index in [4.69, 9.17) is 0 Å². The molecular weight excluding hydrogens is 290 g/mol. The molecule has 1 aliphatic rings. The van der Waals surface area contributed by atoms with Gasteiger partial charge in [0.25, 0.3) is 5.91 Å². The molecule has 0 unspecified atom stereocenters. The second kappa shape index (κ2) is 8.25. The zero-order chi connectivity index (χ0) is 17.6. The van der Waals surface area contributed by atoms with E-state index in [0.717, 1.165) is 12.0 Å². The van der Waals surface area contributed by atoms with Crippen molar-refractivity contribution in [1.29, 1.82) is 0 Å². The van der Waals surface area contributed by atoms with Crippen LogP contribution in [-0.4, -0.2) is 27.4 Å². The molecule has 128 valence electrons. The highest BCUT2D eigenvalue weighted by Gasteiger charge is 2.42. The Balaban J connectivity index is 2.93. The number of hydrogen-bond acceptors (Lipinski definition) is 3. The molecule has 1 rings (SSSR count). The smallest absolute Gasteiger partial charge is 0.276 e. The SMILES string of the molecule is CCC[C@@]1(O)C(C/C=C(\C)C/C=C/C(C)C)=NC(=O)C(C)=C1O. The molecule has 0 aromatic carbocycles. The molecule has 0 spiro atoms. The first-order chi connectivity index (χ1) is 10.7. The minimum absolute atomic E-state index is 0.130. The Morgan fingerprint density at radius 3 is 2.61 bits per heavy atom. The molecule has 4 nitrogen and oxygen atoms in total. The summed E-state index contributed by atoms with van der Waals surface area (Å²) in [7, 11) is 0. The number of rotatable bonds is 7. The van der Waals surface area contributed by atoms with Gasteiger partial charge in [-0.05, 0) is 32.6 Å². The van der Waals surface area contributed by atoms with Gasteiger partial charge in [0.1, 0.15) is 5.76 Å². The zero-order valence-corrected chi connectivity index (χ0v) is 14.9. The van der Waals surface area contributed by atoms with Gasteiger partial charge in [0, 0.05) is 6.42 Å². The van der Waals surface area contributed by atoms with Crippen LogP contribution in [-0.2, 0) is 4.79 Å². The Labute approximate surface area is 139 Å². The lowest BCUT2D eigenvalue weighted by atomic mass is 9.83. The lowest BCUT2D eigenvalue weighted by molar-refractivity contribution is -0.115. The molecule has 0 saturated heterocycles. The van der Waals surface area contributed by atoms with E-state index < -0.39 is 11.5 Å². The molecule has 0 fully saturated rings. The largest absolute Gasteiger partial charge is 0.508 e. The van der Waals surface area contributed by atoms with Crippen molar-refractivity contribution in [1.82, 2.24) is 0 Å². The standard InChI is InChI=1S/C19H29NO3/c1-6-12-19(23)16(20-18(22)15(5)17(19)21)11-10-14(4)9-7-8-13(2)3/h7-8,10,13,21,23H,6,9,11-12H2,1-5H3/b8-7+,14-10+/t19-/m1/s1. The molecule has 1 aliphatic heterocycles. The van der Waals surface area contributed by atoms with Crippen LogP contribution < -0.4 is 0 Å². The number of aliphatic imine (C=N–C) groups is 1. The Kier molecular flexibility index (Phi) is 6.95. The highest BCUT2D eigenvalue weighted by Crippen LogP contribution is 2.31. The summed E-state index contributed by atoms with van der Waals surface area (Å²) in [4.78, 5) is 15.9. The van der Waals surface area contributed by atoms with Crippen LogP contribution in [0.2, 0.25) is 0 Å². The van der Waals surface area contributed by atoms with Crippen molar-refractivity contribution in [3.63, 3.8) is 0 Å². The van der Waals surface area contributed by atoms with Crippen molar-refractivity contribution in [2.24, 2.45) is 10.9 Å². The Morgan fingerprint density at radius 2 is 2.04 bits per heavy atom. The van der Waals surface area contributed by atoms with Gasteiger partial charge in [-0.15, -0.1) is 0 Å². The number of nitrogens with zero attached hydrogens (tertiary/aromatic N) is 1. The predicted octanol–water partition coefficient (Wildman–Crippen LogP) is 4.27. The van der Waals surface area contributed by atoms with Crippen molar-refractivity contribution in [3.05, 3.63) is 35.1 Å². The summed E-state index contributed by atoms with van der Waals surface area (Å²) in [5, 5.41) is 21.0. The van der Waals surface area contributed by atoms with Crippen LogP contribution in [0.15, 0.2) is 40.1 Å². The van der Waals surface area contributed by atoms with E-state index in [0.29, 0.717) is 30.9 Å². The fourth-order valence-electron chi connectivity index (χ4n) is 2.57. The normalized spacial score (nSPS) is 23.2. The predicted molar refractivity (Wildman–Crippen MR) is 94.6 cm³/mol. The van der Waals surface area contributed by atoms with Crippen LogP contribution in [0.4, 0.5) is 0 Å². The van der Waals surface area contributed by atoms with E-state index >= 15 is 0 Å². The van der Waals surface area contributed by atoms with Crippen LogP contribution >= 0.6 is 0 Å². The van der Waals surface area contributed by atoms with Gasteiger partial charge in [-0.25, -0.2) is 4.99 Å². The van der Waals surface area contributed by atoms with Gasteiger partial charge in [-0.1, -0.05) is 51.0 Å². The first-order valence-corrected chi connectivity index (χ1v) is 8.29. The van der Waals surface area contributed by atoms with Crippen molar-refractivity contribution in [3.8, 4) is 0 Å². The number of hydrogen-bond donors (Lipinski definition) is 2. The fourth-order valence-corrected chi connectivity index (χ4v) is 2.57. The van der Waals surface area contributed by atoms with Crippen molar-refractivity contribution >= 4 is 11.6 Å². The third-order valence-corrected chi connectivity index (χ3v) is 4.00. The summed E-state index contributed by atoms with van der Waals surface area (Å²) >= 11 is 0. The molecule has 0 aromatic heterocycles. The lowest BCUT2D eigenvalue weighted by Crippen LogP contribution is -2.44. The number of allylic oxidation sites excluding steroid dienone is 4. The third kappa shape index (κ3) is 4.90. The molecule has 0 saturated carbocycles. The van der Waals surface area contributed by atoms with Gasteiger partial charge >= 0.3 is 0 Å². The molecule has 0 radical (unpaired) electrons. The topological polar surface area (TPSA) is 69.9 Å². The Bertz CT molecular complexity index is 567. The molecular formula is C19H29NO3. The van der Waals surface area contributed by atoms with E-state index in [1.807, 2.05) is 19.9 Å². The molecule has 4 heteroatoms. The molecule has 0 aromatic rings. The summed E-state index contributed by atoms with van der Waals surface area (Å²) in [6.45, 7) is 9.68. The first-order valence-electron chi connectivity index (χ1n) is 8.29. The van der Waals surface area contributed by atoms with Crippen molar-refractivity contribution in [2.45, 2.75) is 65.9 Å². The molecule has 23 heavy (non-hydrogen) atoms. The number of dihydropyridines is 1. The molecule has 2 N–H and O–H groups in total. The van der Waals surface area contributed by atoms with Gasteiger partial charge < -0.3 is 10.2 Å². The van der Waals surface area contributed by atoms with E-state index in [-0.39, 0.29) is 11.3 Å². The summed E-state index contributed by atoms with van der Waals surface area (Å²) in [6.07, 6.45) is 8.44. The highest BCUT2D eigenvalue weighted by atomic mass is 16.3. The van der Waals surface area contributed by atoms with E-state index in [2.05, 4.69) is 31.0 Å². The van der Waals surface area contributed by atoms with Gasteiger partial charge in [0.2, 0.25) is 0 Å². The fraction of sp³-hybridized carbons (Fsp3) is 0.579. The summed E-state index contributed by atoms with van der Waals surface area (Å²) in [6, 6.07) is 0. The number of carbonyl (C=O) groups excluding carboxylic acids is 1. The van der Waals surface area contributed by atoms with Crippen LogP contribution in [0.3, 0.4) is 0 Å². The highest BCUT2D eigenvalue weighted by molar-refractivity contribution is 6.11. The third-order valence-electron chi connectivity index (χ3n) is 4.00. The summed E-state index contributed by atoms with van der Waals surface area (Å²) in [5.74, 6) is -0.202. The Hall–Kier alpha value is -1.68. The van der Waals surface area contributed by atoms with E-state index in [1.165, 1.54) is 6.92 Å². The number of aliphatic hydroxyl groups excluding tert-OH is 1.